The summed E-state index contributed by atoms with van der Waals surface area (Å²) in [7, 11) is 0. The Kier molecular flexibility index (Phi) is 4.74. The molecular weight excluding hydrogens is 327 g/mol. The smallest absolute Gasteiger partial charge is 0.211 e. The average Bonchev–Trinajstić information content (AvgIpc) is 3.01. The van der Waals surface area contributed by atoms with Gasteiger partial charge in [-0.15, -0.1) is 28.8 Å². The van der Waals surface area contributed by atoms with Crippen molar-refractivity contribution in [3.8, 4) is 11.3 Å². The molecule has 2 aromatic heterocycles. The summed E-state index contributed by atoms with van der Waals surface area (Å²) in [5, 5.41) is 9.23. The summed E-state index contributed by atoms with van der Waals surface area (Å²) >= 11 is 1.45. The molecule has 0 aliphatic rings. The van der Waals surface area contributed by atoms with Gasteiger partial charge in [-0.1, -0.05) is 12.1 Å². The molecule has 0 spiro atoms. The summed E-state index contributed by atoms with van der Waals surface area (Å²) in [5.74, 6) is -0.496. The highest BCUT2D eigenvalue weighted by atomic mass is 35.5. The number of aromatic nitrogens is 2. The first-order valence-electron chi connectivity index (χ1n) is 5.99. The van der Waals surface area contributed by atoms with Gasteiger partial charge in [0.2, 0.25) is 5.96 Å². The summed E-state index contributed by atoms with van der Waals surface area (Å²) in [6, 6.07) is 6.44. The predicted molar refractivity (Wildman–Crippen MR) is 89.1 cm³/mol. The number of rotatable bonds is 3. The predicted octanol–water partition coefficient (Wildman–Crippen LogP) is 2.23. The Morgan fingerprint density at radius 1 is 1.32 bits per heavy atom. The van der Waals surface area contributed by atoms with Crippen LogP contribution in [0.3, 0.4) is 0 Å². The Labute approximate surface area is 135 Å². The van der Waals surface area contributed by atoms with E-state index in [4.69, 9.17) is 11.5 Å². The quantitative estimate of drug-likeness (QED) is 0.435. The molecule has 0 aliphatic heterocycles. The molecule has 1 aromatic carbocycles. The molecule has 114 valence electrons. The van der Waals surface area contributed by atoms with Crippen molar-refractivity contribution in [1.29, 1.82) is 0 Å². The van der Waals surface area contributed by atoms with Crippen LogP contribution in [0.4, 0.5) is 4.39 Å². The summed E-state index contributed by atoms with van der Waals surface area (Å²) in [5.41, 5.74) is 12.0. The first kappa shape index (κ1) is 15.9. The van der Waals surface area contributed by atoms with E-state index in [-0.39, 0.29) is 24.2 Å². The molecule has 4 N–H and O–H groups in total. The standard InChI is InChI=1S/C13H11FN6S.ClH/c14-9-4-2-1-3-8(9)11-10(7-17-19-12(15)16)20-5-6-21-13(20)18-11;/h1-7H,(H4,15,16,19);1H/b17-7+;. The SMILES string of the molecule is Cl.NC(N)=N/N=C/c1c(-c2ccccc2F)nc2sccn12. The molecule has 0 aliphatic carbocycles. The number of hydrogen-bond acceptors (Lipinski definition) is 4. The highest BCUT2D eigenvalue weighted by Gasteiger charge is 2.16. The van der Waals surface area contributed by atoms with Gasteiger partial charge in [-0.2, -0.15) is 5.10 Å². The van der Waals surface area contributed by atoms with Gasteiger partial charge >= 0.3 is 0 Å². The van der Waals surface area contributed by atoms with E-state index in [9.17, 15) is 4.39 Å². The zero-order valence-electron chi connectivity index (χ0n) is 11.2. The minimum atomic E-state index is -0.347. The van der Waals surface area contributed by atoms with Crippen molar-refractivity contribution in [3.05, 3.63) is 47.4 Å². The number of hydrogen-bond donors (Lipinski definition) is 2. The Hall–Kier alpha value is -2.45. The number of nitrogens with two attached hydrogens (primary N) is 2. The van der Waals surface area contributed by atoms with Gasteiger partial charge in [0.25, 0.3) is 0 Å². The lowest BCUT2D eigenvalue weighted by Crippen LogP contribution is -2.21. The maximum Gasteiger partial charge on any atom is 0.211 e. The third kappa shape index (κ3) is 2.92. The van der Waals surface area contributed by atoms with Gasteiger partial charge in [0.15, 0.2) is 4.96 Å². The van der Waals surface area contributed by atoms with Gasteiger partial charge < -0.3 is 11.5 Å². The fourth-order valence-electron chi connectivity index (χ4n) is 1.93. The number of halogens is 2. The van der Waals surface area contributed by atoms with Crippen molar-refractivity contribution in [2.75, 3.05) is 0 Å². The van der Waals surface area contributed by atoms with Gasteiger partial charge in [-0.25, -0.2) is 9.37 Å². The fraction of sp³-hybridized carbons (Fsp3) is 0. The number of benzene rings is 1. The number of guanidine groups is 1. The van der Waals surface area contributed by atoms with Crippen molar-refractivity contribution >= 4 is 40.9 Å². The van der Waals surface area contributed by atoms with Crippen LogP contribution in [-0.4, -0.2) is 21.6 Å². The van der Waals surface area contributed by atoms with Crippen molar-refractivity contribution in [2.24, 2.45) is 21.7 Å². The maximum atomic E-state index is 14.0. The van der Waals surface area contributed by atoms with E-state index in [2.05, 4.69) is 15.2 Å². The van der Waals surface area contributed by atoms with Gasteiger partial charge in [0.05, 0.1) is 11.9 Å². The minimum absolute atomic E-state index is 0. The molecule has 0 radical (unpaired) electrons. The molecule has 0 bridgehead atoms. The Balaban J connectivity index is 0.00000176. The van der Waals surface area contributed by atoms with Crippen molar-refractivity contribution < 1.29 is 4.39 Å². The van der Waals surface area contributed by atoms with Crippen LogP contribution in [0, 0.1) is 5.82 Å². The van der Waals surface area contributed by atoms with E-state index in [1.807, 2.05) is 11.6 Å². The van der Waals surface area contributed by atoms with Gasteiger partial charge in [0.1, 0.15) is 11.5 Å². The number of imidazole rings is 1. The third-order valence-corrected chi connectivity index (χ3v) is 3.54. The van der Waals surface area contributed by atoms with Gasteiger partial charge in [-0.3, -0.25) is 4.40 Å². The molecule has 9 heteroatoms. The highest BCUT2D eigenvalue weighted by Crippen LogP contribution is 2.27. The molecule has 0 unspecified atom stereocenters. The molecule has 0 saturated carbocycles. The van der Waals surface area contributed by atoms with Gasteiger partial charge in [0, 0.05) is 17.1 Å². The van der Waals surface area contributed by atoms with E-state index >= 15 is 0 Å². The monoisotopic (exact) mass is 338 g/mol. The van der Waals surface area contributed by atoms with Crippen LogP contribution < -0.4 is 11.5 Å². The lowest BCUT2D eigenvalue weighted by Gasteiger charge is -2.00. The molecule has 0 fully saturated rings. The first-order chi connectivity index (χ1) is 10.2. The molecule has 22 heavy (non-hydrogen) atoms. The van der Waals surface area contributed by atoms with E-state index in [0.717, 1.165) is 4.96 Å². The summed E-state index contributed by atoms with van der Waals surface area (Å²) < 4.78 is 15.8. The largest absolute Gasteiger partial charge is 0.369 e. The topological polar surface area (TPSA) is 94.1 Å². The lowest BCUT2D eigenvalue weighted by molar-refractivity contribution is 0.631. The number of fused-ring (bicyclic) bond motifs is 1. The second-order valence-corrected chi connectivity index (χ2v) is 5.02. The Morgan fingerprint density at radius 3 is 2.82 bits per heavy atom. The molecule has 0 saturated heterocycles. The summed E-state index contributed by atoms with van der Waals surface area (Å²) in [6.45, 7) is 0. The summed E-state index contributed by atoms with van der Waals surface area (Å²) in [4.78, 5) is 5.18. The van der Waals surface area contributed by atoms with Crippen LogP contribution in [0.2, 0.25) is 0 Å². The maximum absolute atomic E-state index is 14.0. The van der Waals surface area contributed by atoms with E-state index in [0.29, 0.717) is 17.0 Å². The van der Waals surface area contributed by atoms with E-state index in [1.54, 1.807) is 22.6 Å². The average molecular weight is 339 g/mol. The van der Waals surface area contributed by atoms with Crippen molar-refractivity contribution in [2.45, 2.75) is 0 Å². The van der Waals surface area contributed by atoms with Crippen molar-refractivity contribution in [3.63, 3.8) is 0 Å². The van der Waals surface area contributed by atoms with Crippen LogP contribution in [0.15, 0.2) is 46.0 Å². The van der Waals surface area contributed by atoms with Crippen LogP contribution in [0.5, 0.6) is 0 Å². The molecule has 3 rings (SSSR count). The molecule has 3 aromatic rings. The summed E-state index contributed by atoms with van der Waals surface area (Å²) in [6.07, 6.45) is 3.28. The Morgan fingerprint density at radius 2 is 2.09 bits per heavy atom. The fourth-order valence-corrected chi connectivity index (χ4v) is 2.65. The van der Waals surface area contributed by atoms with E-state index in [1.165, 1.54) is 23.6 Å². The second-order valence-electron chi connectivity index (χ2n) is 4.15. The number of thiazole rings is 1. The highest BCUT2D eigenvalue weighted by molar-refractivity contribution is 7.15. The third-order valence-electron chi connectivity index (χ3n) is 2.78. The first-order valence-corrected chi connectivity index (χ1v) is 6.87. The zero-order valence-corrected chi connectivity index (χ0v) is 12.8. The molecule has 0 amide bonds. The zero-order chi connectivity index (χ0) is 14.8. The normalized spacial score (nSPS) is 10.8. The van der Waals surface area contributed by atoms with E-state index < -0.39 is 0 Å². The second kappa shape index (κ2) is 6.54. The van der Waals surface area contributed by atoms with Crippen molar-refractivity contribution in [1.82, 2.24) is 9.38 Å². The Bertz CT molecular complexity index is 849. The molecule has 2 heterocycles. The molecule has 0 atom stereocenters. The van der Waals surface area contributed by atoms with Crippen LogP contribution in [0.1, 0.15) is 5.69 Å². The number of nitrogens with zero attached hydrogens (tertiary/aromatic N) is 4. The van der Waals surface area contributed by atoms with Gasteiger partial charge in [-0.05, 0) is 12.1 Å². The van der Waals surface area contributed by atoms with Crippen LogP contribution in [0.25, 0.3) is 16.2 Å². The van der Waals surface area contributed by atoms with Crippen LogP contribution in [-0.2, 0) is 0 Å². The minimum Gasteiger partial charge on any atom is -0.369 e. The molecule has 6 nitrogen and oxygen atoms in total. The molecular formula is C13H12ClFN6S. The lowest BCUT2D eigenvalue weighted by atomic mass is 10.1. The van der Waals surface area contributed by atoms with Crippen LogP contribution >= 0.6 is 23.7 Å².